The first kappa shape index (κ1) is 13.6. The van der Waals surface area contributed by atoms with Crippen molar-refractivity contribution in [1.82, 2.24) is 5.32 Å². The number of furan rings is 1. The number of imide groups is 1. The lowest BCUT2D eigenvalue weighted by Gasteiger charge is -2.31. The van der Waals surface area contributed by atoms with Crippen LogP contribution in [0, 0.1) is 0 Å². The van der Waals surface area contributed by atoms with Gasteiger partial charge in [-0.3, -0.25) is 14.9 Å². The maximum absolute atomic E-state index is 12.3. The number of carbonyl (C=O) groups excluding carboxylic acids is 2. The van der Waals surface area contributed by atoms with Crippen molar-refractivity contribution in [2.24, 2.45) is 0 Å². The summed E-state index contributed by atoms with van der Waals surface area (Å²) in [5.74, 6) is -0.733. The van der Waals surface area contributed by atoms with Crippen LogP contribution < -0.4 is 10.2 Å². The van der Waals surface area contributed by atoms with Gasteiger partial charge in [-0.2, -0.15) is 0 Å². The van der Waals surface area contributed by atoms with Crippen LogP contribution in [-0.4, -0.2) is 38.1 Å². The molecule has 1 N–H and O–H groups in total. The molecule has 0 aliphatic carbocycles. The van der Waals surface area contributed by atoms with Crippen molar-refractivity contribution in [3.63, 3.8) is 0 Å². The molecule has 24 heavy (non-hydrogen) atoms. The second-order valence-corrected chi connectivity index (χ2v) is 6.02. The van der Waals surface area contributed by atoms with Crippen LogP contribution in [0.15, 0.2) is 34.9 Å². The average molecular weight is 322 g/mol. The minimum absolute atomic E-state index is 0.353. The number of nitrogens with one attached hydrogen (secondary N) is 1. The van der Waals surface area contributed by atoms with E-state index in [4.69, 9.17) is 9.15 Å². The van der Waals surface area contributed by atoms with Crippen molar-refractivity contribution in [1.29, 1.82) is 0 Å². The van der Waals surface area contributed by atoms with Crippen molar-refractivity contribution in [2.75, 3.05) is 31.2 Å². The van der Waals surface area contributed by atoms with Gasteiger partial charge in [0.15, 0.2) is 0 Å². The number of hydrogen-bond acceptors (Lipinski definition) is 5. The Labute approximate surface area is 137 Å². The van der Waals surface area contributed by atoms with Gasteiger partial charge in [-0.05, 0) is 24.3 Å². The second kappa shape index (κ2) is 4.82. The van der Waals surface area contributed by atoms with Crippen LogP contribution in [0.5, 0.6) is 0 Å². The summed E-state index contributed by atoms with van der Waals surface area (Å²) < 4.78 is 11.0. The Balaban J connectivity index is 1.93. The largest absolute Gasteiger partial charge is 0.464 e. The van der Waals surface area contributed by atoms with E-state index in [0.717, 1.165) is 29.5 Å². The van der Waals surface area contributed by atoms with Gasteiger partial charge in [0.05, 0.1) is 25.0 Å². The van der Waals surface area contributed by atoms with Crippen LogP contribution in [-0.2, 0) is 4.74 Å². The maximum Gasteiger partial charge on any atom is 0.258 e. The molecule has 6 nitrogen and oxygen atoms in total. The summed E-state index contributed by atoms with van der Waals surface area (Å²) in [5.41, 5.74) is 2.67. The average Bonchev–Trinajstić information content (AvgIpc) is 3.08. The van der Waals surface area contributed by atoms with E-state index >= 15 is 0 Å². The van der Waals surface area contributed by atoms with Crippen molar-refractivity contribution in [3.05, 3.63) is 41.7 Å². The van der Waals surface area contributed by atoms with Gasteiger partial charge in [0, 0.05) is 40.5 Å². The van der Waals surface area contributed by atoms with Gasteiger partial charge >= 0.3 is 0 Å². The Morgan fingerprint density at radius 1 is 0.958 bits per heavy atom. The Morgan fingerprint density at radius 3 is 2.58 bits per heavy atom. The monoisotopic (exact) mass is 322 g/mol. The molecule has 3 heterocycles. The van der Waals surface area contributed by atoms with Crippen molar-refractivity contribution >= 4 is 39.2 Å². The molecule has 0 radical (unpaired) electrons. The summed E-state index contributed by atoms with van der Waals surface area (Å²) in [6, 6.07) is 7.35. The summed E-state index contributed by atoms with van der Waals surface area (Å²) in [6.07, 6.45) is 1.61. The Kier molecular flexibility index (Phi) is 2.72. The first-order chi connectivity index (χ1) is 11.7. The van der Waals surface area contributed by atoms with E-state index in [9.17, 15) is 9.59 Å². The molecule has 1 aromatic heterocycles. The number of carbonyl (C=O) groups is 2. The third kappa shape index (κ3) is 1.74. The number of nitrogens with zero attached hydrogens (tertiary/aromatic N) is 1. The highest BCUT2D eigenvalue weighted by molar-refractivity contribution is 6.31. The molecule has 1 fully saturated rings. The molecule has 1 saturated heterocycles. The summed E-state index contributed by atoms with van der Waals surface area (Å²) in [4.78, 5) is 26.8. The minimum Gasteiger partial charge on any atom is -0.464 e. The van der Waals surface area contributed by atoms with Gasteiger partial charge in [0.2, 0.25) is 0 Å². The molecule has 120 valence electrons. The molecule has 2 amide bonds. The van der Waals surface area contributed by atoms with E-state index in [2.05, 4.69) is 10.2 Å². The normalized spacial score (nSPS) is 17.6. The summed E-state index contributed by atoms with van der Waals surface area (Å²) in [5, 5.41) is 4.93. The van der Waals surface area contributed by atoms with E-state index in [1.165, 1.54) is 0 Å². The third-order valence-corrected chi connectivity index (χ3v) is 4.76. The van der Waals surface area contributed by atoms with Crippen LogP contribution in [0.1, 0.15) is 20.7 Å². The van der Waals surface area contributed by atoms with Crippen LogP contribution in [0.2, 0.25) is 0 Å². The Bertz CT molecular complexity index is 1010. The fourth-order valence-corrected chi connectivity index (χ4v) is 3.66. The van der Waals surface area contributed by atoms with Crippen LogP contribution in [0.3, 0.4) is 0 Å². The highest BCUT2D eigenvalue weighted by atomic mass is 16.5. The SMILES string of the molecule is O=C1NC(=O)c2cc3occc3c3c(N4CCOCC4)ccc1c23. The van der Waals surface area contributed by atoms with Gasteiger partial charge in [0.25, 0.3) is 11.8 Å². The standard InChI is InChI=1S/C18H14N2O4/c21-17-11-1-2-13(20-4-7-23-8-5-20)16-10-3-6-24-14(10)9-12(15(11)16)18(22)19-17/h1-3,6,9H,4-5,7-8H2,(H,19,21,22). The van der Waals surface area contributed by atoms with Crippen molar-refractivity contribution < 1.29 is 18.7 Å². The highest BCUT2D eigenvalue weighted by Gasteiger charge is 2.29. The zero-order valence-electron chi connectivity index (χ0n) is 12.8. The highest BCUT2D eigenvalue weighted by Crippen LogP contribution is 2.39. The van der Waals surface area contributed by atoms with E-state index in [0.29, 0.717) is 35.3 Å². The van der Waals surface area contributed by atoms with Gasteiger partial charge < -0.3 is 14.1 Å². The Morgan fingerprint density at radius 2 is 1.75 bits per heavy atom. The van der Waals surface area contributed by atoms with Crippen molar-refractivity contribution in [2.45, 2.75) is 0 Å². The predicted molar refractivity (Wildman–Crippen MR) is 88.5 cm³/mol. The number of ether oxygens (including phenoxy) is 1. The molecule has 0 spiro atoms. The Hall–Kier alpha value is -2.86. The summed E-state index contributed by atoms with van der Waals surface area (Å²) in [7, 11) is 0. The molecule has 3 aromatic rings. The zero-order valence-corrected chi connectivity index (χ0v) is 12.8. The predicted octanol–water partition coefficient (Wildman–Crippen LogP) is 2.31. The van der Waals surface area contributed by atoms with E-state index in [-0.39, 0.29) is 11.8 Å². The molecule has 2 aliphatic heterocycles. The molecule has 0 bridgehead atoms. The number of benzene rings is 2. The van der Waals surface area contributed by atoms with E-state index in [1.807, 2.05) is 12.1 Å². The van der Waals surface area contributed by atoms with Gasteiger partial charge in [0.1, 0.15) is 5.58 Å². The fourth-order valence-electron chi connectivity index (χ4n) is 3.66. The molecule has 0 atom stereocenters. The molecular weight excluding hydrogens is 308 g/mol. The van der Waals surface area contributed by atoms with Crippen LogP contribution in [0.4, 0.5) is 5.69 Å². The minimum atomic E-state index is -0.380. The molecule has 5 rings (SSSR count). The number of rotatable bonds is 1. The summed E-state index contributed by atoms with van der Waals surface area (Å²) >= 11 is 0. The van der Waals surface area contributed by atoms with Gasteiger partial charge in [-0.1, -0.05) is 0 Å². The maximum atomic E-state index is 12.3. The van der Waals surface area contributed by atoms with Crippen molar-refractivity contribution in [3.8, 4) is 0 Å². The molecule has 2 aliphatic rings. The molecule has 6 heteroatoms. The molecule has 0 unspecified atom stereocenters. The molecule has 0 saturated carbocycles. The van der Waals surface area contributed by atoms with Crippen LogP contribution >= 0.6 is 0 Å². The lowest BCUT2D eigenvalue weighted by molar-refractivity contribution is 0.0845. The van der Waals surface area contributed by atoms with E-state index in [1.54, 1.807) is 18.4 Å². The topological polar surface area (TPSA) is 71.8 Å². The quantitative estimate of drug-likeness (QED) is 0.696. The first-order valence-corrected chi connectivity index (χ1v) is 7.89. The second-order valence-electron chi connectivity index (χ2n) is 6.02. The fraction of sp³-hybridized carbons (Fsp3) is 0.222. The number of amides is 2. The van der Waals surface area contributed by atoms with Gasteiger partial charge in [-0.25, -0.2) is 0 Å². The number of hydrogen-bond donors (Lipinski definition) is 1. The van der Waals surface area contributed by atoms with Gasteiger partial charge in [-0.15, -0.1) is 0 Å². The molecular formula is C18H14N2O4. The molecule has 2 aromatic carbocycles. The lowest BCUT2D eigenvalue weighted by Crippen LogP contribution is -2.37. The smallest absolute Gasteiger partial charge is 0.258 e. The number of fused-ring (bicyclic) bond motifs is 2. The third-order valence-electron chi connectivity index (χ3n) is 4.76. The summed E-state index contributed by atoms with van der Waals surface area (Å²) in [6.45, 7) is 2.88. The number of morpholine rings is 1. The van der Waals surface area contributed by atoms with E-state index < -0.39 is 0 Å². The van der Waals surface area contributed by atoms with Crippen LogP contribution in [0.25, 0.3) is 21.7 Å². The lowest BCUT2D eigenvalue weighted by atomic mass is 9.91. The number of anilines is 1. The first-order valence-electron chi connectivity index (χ1n) is 7.89. The zero-order chi connectivity index (χ0) is 16.3.